The minimum absolute atomic E-state index is 0.194. The molecule has 3 rings (SSSR count). The lowest BCUT2D eigenvalue weighted by Gasteiger charge is -2.29. The van der Waals surface area contributed by atoms with Crippen LogP contribution in [0.4, 0.5) is 0 Å². The summed E-state index contributed by atoms with van der Waals surface area (Å²) in [5.41, 5.74) is 0.734. The third kappa shape index (κ3) is 7.74. The molecule has 0 aliphatic carbocycles. The first-order valence-corrected chi connectivity index (χ1v) is 11.1. The lowest BCUT2D eigenvalue weighted by molar-refractivity contribution is -0.152. The third-order valence-electron chi connectivity index (χ3n) is 5.07. The van der Waals surface area contributed by atoms with Gasteiger partial charge in [-0.1, -0.05) is 54.6 Å². The molecule has 0 radical (unpaired) electrons. The van der Waals surface area contributed by atoms with Crippen LogP contribution >= 0.6 is 0 Å². The zero-order valence-corrected chi connectivity index (χ0v) is 19.3. The Bertz CT molecular complexity index is 1100. The molecule has 188 valence electrons. The topological polar surface area (TPSA) is 129 Å². The van der Waals surface area contributed by atoms with Gasteiger partial charge < -0.3 is 29.2 Å². The molecule has 0 saturated carbocycles. The number of ether oxygens (including phenoxy) is 4. The molecule has 0 unspecified atom stereocenters. The lowest BCUT2D eigenvalue weighted by atomic mass is 10.1. The van der Waals surface area contributed by atoms with Gasteiger partial charge in [0, 0.05) is 0 Å². The van der Waals surface area contributed by atoms with Gasteiger partial charge in [-0.15, -0.1) is 0 Å². The Kier molecular flexibility index (Phi) is 10.1. The van der Waals surface area contributed by atoms with Crippen molar-refractivity contribution >= 4 is 17.9 Å². The van der Waals surface area contributed by atoms with Crippen LogP contribution in [-0.4, -0.2) is 66.4 Å². The zero-order valence-electron chi connectivity index (χ0n) is 19.3. The molecular formula is C27H26O9. The normalized spacial score (nSPS) is 13.2. The lowest BCUT2D eigenvalue weighted by Crippen LogP contribution is -2.47. The molecular weight excluding hydrogens is 468 g/mol. The SMILES string of the molecule is O=C(OC[C@@H](O)[C@H](OC(=O)c1ccccc1)[C@@H](COC(=O)c1ccccc1)OCO)c1ccccc1. The van der Waals surface area contributed by atoms with Crippen molar-refractivity contribution < 1.29 is 43.5 Å². The smallest absolute Gasteiger partial charge is 0.338 e. The number of esters is 3. The molecule has 0 bridgehead atoms. The van der Waals surface area contributed by atoms with E-state index in [0.717, 1.165) is 0 Å². The van der Waals surface area contributed by atoms with E-state index in [-0.39, 0.29) is 16.7 Å². The largest absolute Gasteiger partial charge is 0.459 e. The maximum absolute atomic E-state index is 12.7. The van der Waals surface area contributed by atoms with Crippen molar-refractivity contribution in [2.24, 2.45) is 0 Å². The van der Waals surface area contributed by atoms with E-state index in [9.17, 15) is 24.6 Å². The first-order valence-electron chi connectivity index (χ1n) is 11.1. The number of aliphatic hydroxyl groups is 2. The van der Waals surface area contributed by atoms with E-state index in [2.05, 4.69) is 0 Å². The van der Waals surface area contributed by atoms with Crippen LogP contribution in [0.15, 0.2) is 91.0 Å². The van der Waals surface area contributed by atoms with E-state index < -0.39 is 56.2 Å². The second kappa shape index (κ2) is 13.7. The molecule has 0 heterocycles. The molecule has 0 aromatic heterocycles. The standard InChI is InChI=1S/C27H26O9/c28-18-35-23(17-34-26(31)20-12-6-2-7-13-20)24(36-27(32)21-14-8-3-9-15-21)22(29)16-33-25(30)19-10-4-1-5-11-19/h1-15,22-24,28-29H,16-18H2/t22-,23-,24+/m1/s1. The molecule has 2 N–H and O–H groups in total. The fraction of sp³-hybridized carbons (Fsp3) is 0.222. The summed E-state index contributed by atoms with van der Waals surface area (Å²) in [6.45, 7) is -1.84. The first-order chi connectivity index (χ1) is 17.5. The van der Waals surface area contributed by atoms with Crippen LogP contribution in [-0.2, 0) is 18.9 Å². The van der Waals surface area contributed by atoms with Crippen molar-refractivity contribution in [2.45, 2.75) is 18.3 Å². The quantitative estimate of drug-likeness (QED) is 0.222. The Morgan fingerprint density at radius 2 is 1.06 bits per heavy atom. The van der Waals surface area contributed by atoms with Crippen LogP contribution in [0.5, 0.6) is 0 Å². The van der Waals surface area contributed by atoms with Crippen molar-refractivity contribution in [1.82, 2.24) is 0 Å². The van der Waals surface area contributed by atoms with Gasteiger partial charge in [-0.3, -0.25) is 0 Å². The number of carbonyl (C=O) groups excluding carboxylic acids is 3. The Morgan fingerprint density at radius 1 is 0.639 bits per heavy atom. The molecule has 9 nitrogen and oxygen atoms in total. The highest BCUT2D eigenvalue weighted by Crippen LogP contribution is 2.16. The molecule has 0 spiro atoms. The summed E-state index contributed by atoms with van der Waals surface area (Å²) in [5, 5.41) is 20.2. The number of hydrogen-bond donors (Lipinski definition) is 2. The Labute approximate surface area is 207 Å². The van der Waals surface area contributed by atoms with Crippen molar-refractivity contribution in [3.05, 3.63) is 108 Å². The predicted molar refractivity (Wildman–Crippen MR) is 127 cm³/mol. The van der Waals surface area contributed by atoms with E-state index in [0.29, 0.717) is 0 Å². The molecule has 9 heteroatoms. The van der Waals surface area contributed by atoms with E-state index in [1.807, 2.05) is 0 Å². The highest BCUT2D eigenvalue weighted by molar-refractivity contribution is 5.90. The molecule has 0 amide bonds. The summed E-state index contributed by atoms with van der Waals surface area (Å²) in [4.78, 5) is 37.4. The summed E-state index contributed by atoms with van der Waals surface area (Å²) < 4.78 is 21.2. The van der Waals surface area contributed by atoms with Gasteiger partial charge in [0.2, 0.25) is 0 Å². The predicted octanol–water partition coefficient (Wildman–Crippen LogP) is 2.62. The van der Waals surface area contributed by atoms with Gasteiger partial charge in [-0.25, -0.2) is 14.4 Å². The van der Waals surface area contributed by atoms with Gasteiger partial charge in [-0.05, 0) is 36.4 Å². The van der Waals surface area contributed by atoms with Crippen molar-refractivity contribution in [3.63, 3.8) is 0 Å². The second-order valence-corrected chi connectivity index (χ2v) is 7.57. The van der Waals surface area contributed by atoms with E-state index in [1.165, 1.54) is 12.1 Å². The van der Waals surface area contributed by atoms with Gasteiger partial charge in [0.1, 0.15) is 32.2 Å². The number of carbonyl (C=O) groups is 3. The molecule has 3 aromatic carbocycles. The van der Waals surface area contributed by atoms with E-state index in [4.69, 9.17) is 18.9 Å². The summed E-state index contributed by atoms with van der Waals surface area (Å²) in [7, 11) is 0. The van der Waals surface area contributed by atoms with E-state index in [1.54, 1.807) is 78.9 Å². The Balaban J connectivity index is 1.74. The Morgan fingerprint density at radius 3 is 1.50 bits per heavy atom. The van der Waals surface area contributed by atoms with Gasteiger partial charge in [-0.2, -0.15) is 0 Å². The highest BCUT2D eigenvalue weighted by atomic mass is 16.6. The average molecular weight is 494 g/mol. The monoisotopic (exact) mass is 494 g/mol. The molecule has 0 aliphatic heterocycles. The minimum Gasteiger partial charge on any atom is -0.459 e. The van der Waals surface area contributed by atoms with Gasteiger partial charge in [0.15, 0.2) is 6.10 Å². The number of hydrogen-bond acceptors (Lipinski definition) is 9. The molecule has 3 aromatic rings. The molecule has 0 fully saturated rings. The van der Waals surface area contributed by atoms with Crippen molar-refractivity contribution in [3.8, 4) is 0 Å². The molecule has 0 saturated heterocycles. The number of benzene rings is 3. The highest BCUT2D eigenvalue weighted by Gasteiger charge is 2.35. The first kappa shape index (κ1) is 26.6. The Hall–Kier alpha value is -4.05. The second-order valence-electron chi connectivity index (χ2n) is 7.57. The number of aliphatic hydroxyl groups excluding tert-OH is 2. The van der Waals surface area contributed by atoms with Gasteiger partial charge in [0.05, 0.1) is 16.7 Å². The maximum atomic E-state index is 12.7. The summed E-state index contributed by atoms with van der Waals surface area (Å²) in [5.74, 6) is -2.17. The third-order valence-corrected chi connectivity index (χ3v) is 5.07. The van der Waals surface area contributed by atoms with Crippen LogP contribution in [0, 0.1) is 0 Å². The van der Waals surface area contributed by atoms with Crippen molar-refractivity contribution in [2.75, 3.05) is 20.0 Å². The van der Waals surface area contributed by atoms with Crippen molar-refractivity contribution in [1.29, 1.82) is 0 Å². The molecule has 0 aliphatic rings. The molecule has 36 heavy (non-hydrogen) atoms. The molecule has 3 atom stereocenters. The average Bonchev–Trinajstić information content (AvgIpc) is 2.93. The van der Waals surface area contributed by atoms with Gasteiger partial charge >= 0.3 is 17.9 Å². The van der Waals surface area contributed by atoms with Crippen LogP contribution in [0.3, 0.4) is 0 Å². The van der Waals surface area contributed by atoms with Gasteiger partial charge in [0.25, 0.3) is 0 Å². The van der Waals surface area contributed by atoms with Crippen LogP contribution in [0.2, 0.25) is 0 Å². The van der Waals surface area contributed by atoms with Crippen LogP contribution in [0.1, 0.15) is 31.1 Å². The van der Waals surface area contributed by atoms with Crippen LogP contribution in [0.25, 0.3) is 0 Å². The minimum atomic E-state index is -1.57. The summed E-state index contributed by atoms with van der Waals surface area (Å²) in [6.07, 6.45) is -4.31. The zero-order chi connectivity index (χ0) is 25.8. The van der Waals surface area contributed by atoms with Crippen LogP contribution < -0.4 is 0 Å². The van der Waals surface area contributed by atoms with E-state index >= 15 is 0 Å². The maximum Gasteiger partial charge on any atom is 0.338 e. The summed E-state index contributed by atoms with van der Waals surface area (Å²) >= 11 is 0. The summed E-state index contributed by atoms with van der Waals surface area (Å²) in [6, 6.07) is 24.3. The number of rotatable bonds is 12. The fourth-order valence-corrected chi connectivity index (χ4v) is 3.23. The fourth-order valence-electron chi connectivity index (χ4n) is 3.23.